The summed E-state index contributed by atoms with van der Waals surface area (Å²) in [5.74, 6) is 3.66. The third kappa shape index (κ3) is 2.36. The Morgan fingerprint density at radius 1 is 1.70 bits per heavy atom. The molecule has 1 rings (SSSR count). The summed E-state index contributed by atoms with van der Waals surface area (Å²) in [4.78, 5) is 2.42. The van der Waals surface area contributed by atoms with Crippen molar-refractivity contribution < 1.29 is 0 Å². The number of thiol groups is 1. The van der Waals surface area contributed by atoms with Gasteiger partial charge in [-0.3, -0.25) is 0 Å². The third-order valence-electron chi connectivity index (χ3n) is 1.98. The fourth-order valence-corrected chi connectivity index (χ4v) is 2.82. The maximum absolute atomic E-state index is 4.20. The molecule has 0 N–H and O–H groups in total. The summed E-state index contributed by atoms with van der Waals surface area (Å²) in [6, 6.07) is 0.831. The Morgan fingerprint density at radius 3 is 3.00 bits per heavy atom. The van der Waals surface area contributed by atoms with Crippen LogP contribution in [0.15, 0.2) is 0 Å². The van der Waals surface area contributed by atoms with Crippen molar-refractivity contribution in [3.05, 3.63) is 0 Å². The highest BCUT2D eigenvalue weighted by atomic mass is 32.2. The molecule has 0 bridgehead atoms. The zero-order valence-corrected chi connectivity index (χ0v) is 8.13. The van der Waals surface area contributed by atoms with Crippen LogP contribution in [-0.4, -0.2) is 41.8 Å². The van der Waals surface area contributed by atoms with Gasteiger partial charge in [-0.2, -0.15) is 24.4 Å². The van der Waals surface area contributed by atoms with E-state index in [1.54, 1.807) is 0 Å². The smallest absolute Gasteiger partial charge is 0.0191 e. The van der Waals surface area contributed by atoms with Crippen LogP contribution in [-0.2, 0) is 0 Å². The second-order valence-corrected chi connectivity index (χ2v) is 4.32. The van der Waals surface area contributed by atoms with Crippen LogP contribution in [0.25, 0.3) is 0 Å². The standard InChI is InChI=1S/C7H15NS2/c1-8(3-4-9)7-2-5-10-6-7/h7,9H,2-6H2,1H3. The number of rotatable bonds is 3. The largest absolute Gasteiger partial charge is 0.302 e. The topological polar surface area (TPSA) is 3.24 Å². The predicted molar refractivity (Wildman–Crippen MR) is 52.2 cm³/mol. The van der Waals surface area contributed by atoms with E-state index in [9.17, 15) is 0 Å². The molecule has 0 aromatic rings. The molecule has 0 spiro atoms. The lowest BCUT2D eigenvalue weighted by Gasteiger charge is -2.21. The summed E-state index contributed by atoms with van der Waals surface area (Å²) in [6.07, 6.45) is 1.37. The van der Waals surface area contributed by atoms with E-state index < -0.39 is 0 Å². The molecule has 1 saturated heterocycles. The molecule has 1 heterocycles. The highest BCUT2D eigenvalue weighted by Crippen LogP contribution is 2.20. The van der Waals surface area contributed by atoms with Gasteiger partial charge in [0.1, 0.15) is 0 Å². The van der Waals surface area contributed by atoms with Crippen LogP contribution in [0.5, 0.6) is 0 Å². The first kappa shape index (κ1) is 8.75. The number of thioether (sulfide) groups is 1. The van der Waals surface area contributed by atoms with Gasteiger partial charge in [0.25, 0.3) is 0 Å². The minimum absolute atomic E-state index is 0.831. The van der Waals surface area contributed by atoms with E-state index in [2.05, 4.69) is 36.3 Å². The minimum Gasteiger partial charge on any atom is -0.302 e. The molecule has 0 radical (unpaired) electrons. The van der Waals surface area contributed by atoms with E-state index >= 15 is 0 Å². The molecule has 0 aromatic heterocycles. The molecule has 1 nitrogen and oxygen atoms in total. The molecular weight excluding hydrogens is 162 g/mol. The molecule has 60 valence electrons. The average Bonchev–Trinajstić information content (AvgIpc) is 2.38. The van der Waals surface area contributed by atoms with E-state index in [-0.39, 0.29) is 0 Å². The highest BCUT2D eigenvalue weighted by Gasteiger charge is 2.18. The van der Waals surface area contributed by atoms with Crippen molar-refractivity contribution in [2.45, 2.75) is 12.5 Å². The second kappa shape index (κ2) is 4.52. The monoisotopic (exact) mass is 177 g/mol. The zero-order chi connectivity index (χ0) is 7.40. The van der Waals surface area contributed by atoms with Gasteiger partial charge < -0.3 is 4.90 Å². The lowest BCUT2D eigenvalue weighted by Crippen LogP contribution is -2.32. The average molecular weight is 177 g/mol. The van der Waals surface area contributed by atoms with Gasteiger partial charge in [-0.25, -0.2) is 0 Å². The SMILES string of the molecule is CN(CCS)C1CCSC1. The molecular formula is C7H15NS2. The summed E-state index contributed by atoms with van der Waals surface area (Å²) in [6.45, 7) is 1.13. The van der Waals surface area contributed by atoms with Crippen LogP contribution in [0, 0.1) is 0 Å². The maximum atomic E-state index is 4.20. The summed E-state index contributed by atoms with van der Waals surface area (Å²) < 4.78 is 0. The van der Waals surface area contributed by atoms with Gasteiger partial charge in [0.15, 0.2) is 0 Å². The fraction of sp³-hybridized carbons (Fsp3) is 1.00. The third-order valence-corrected chi connectivity index (χ3v) is 3.33. The Bertz CT molecular complexity index is 91.6. The lowest BCUT2D eigenvalue weighted by atomic mass is 10.2. The van der Waals surface area contributed by atoms with E-state index in [1.165, 1.54) is 17.9 Å². The molecule has 1 unspecified atom stereocenters. The predicted octanol–water partition coefficient (Wildman–Crippen LogP) is 1.35. The Hall–Kier alpha value is 0.660. The molecule has 0 aromatic carbocycles. The molecule has 0 saturated carbocycles. The van der Waals surface area contributed by atoms with Gasteiger partial charge >= 0.3 is 0 Å². The first-order chi connectivity index (χ1) is 4.84. The van der Waals surface area contributed by atoms with Crippen LogP contribution in [0.3, 0.4) is 0 Å². The van der Waals surface area contributed by atoms with Gasteiger partial charge in [-0.15, -0.1) is 0 Å². The van der Waals surface area contributed by atoms with E-state index in [4.69, 9.17) is 0 Å². The first-order valence-electron chi connectivity index (χ1n) is 3.73. The van der Waals surface area contributed by atoms with Gasteiger partial charge in [-0.05, 0) is 19.2 Å². The quantitative estimate of drug-likeness (QED) is 0.648. The van der Waals surface area contributed by atoms with Crippen molar-refractivity contribution in [3.8, 4) is 0 Å². The van der Waals surface area contributed by atoms with Gasteiger partial charge in [0.05, 0.1) is 0 Å². The Morgan fingerprint density at radius 2 is 2.50 bits per heavy atom. The van der Waals surface area contributed by atoms with Crippen molar-refractivity contribution in [1.82, 2.24) is 4.90 Å². The first-order valence-corrected chi connectivity index (χ1v) is 5.52. The highest BCUT2D eigenvalue weighted by molar-refractivity contribution is 7.99. The van der Waals surface area contributed by atoms with Crippen LogP contribution >= 0.6 is 24.4 Å². The van der Waals surface area contributed by atoms with Crippen LogP contribution in [0.4, 0.5) is 0 Å². The molecule has 1 fully saturated rings. The summed E-state index contributed by atoms with van der Waals surface area (Å²) in [5, 5.41) is 0. The molecule has 0 aliphatic carbocycles. The van der Waals surface area contributed by atoms with Crippen LogP contribution < -0.4 is 0 Å². The van der Waals surface area contributed by atoms with E-state index in [1.807, 2.05) is 0 Å². The normalized spacial score (nSPS) is 26.1. The van der Waals surface area contributed by atoms with Gasteiger partial charge in [0.2, 0.25) is 0 Å². The maximum Gasteiger partial charge on any atom is 0.0191 e. The molecule has 3 heteroatoms. The Labute approximate surface area is 73.0 Å². The van der Waals surface area contributed by atoms with Crippen LogP contribution in [0.2, 0.25) is 0 Å². The number of nitrogens with zero attached hydrogens (tertiary/aromatic N) is 1. The summed E-state index contributed by atoms with van der Waals surface area (Å²) >= 11 is 6.27. The zero-order valence-electron chi connectivity index (χ0n) is 6.42. The van der Waals surface area contributed by atoms with Gasteiger partial charge in [-0.1, -0.05) is 0 Å². The molecule has 10 heavy (non-hydrogen) atoms. The molecule has 0 amide bonds. The van der Waals surface area contributed by atoms with Crippen LogP contribution in [0.1, 0.15) is 6.42 Å². The Kier molecular flexibility index (Phi) is 3.96. The second-order valence-electron chi connectivity index (χ2n) is 2.72. The Balaban J connectivity index is 2.18. The van der Waals surface area contributed by atoms with Crippen molar-refractivity contribution in [2.24, 2.45) is 0 Å². The van der Waals surface area contributed by atoms with E-state index in [0.29, 0.717) is 0 Å². The fourth-order valence-electron chi connectivity index (χ4n) is 1.21. The summed E-state index contributed by atoms with van der Waals surface area (Å²) in [7, 11) is 2.20. The van der Waals surface area contributed by atoms with Gasteiger partial charge in [0, 0.05) is 24.1 Å². The molecule has 1 aliphatic rings. The molecule has 1 atom stereocenters. The lowest BCUT2D eigenvalue weighted by molar-refractivity contribution is 0.279. The number of hydrogen-bond donors (Lipinski definition) is 1. The molecule has 1 aliphatic heterocycles. The van der Waals surface area contributed by atoms with Crippen molar-refractivity contribution >= 4 is 24.4 Å². The van der Waals surface area contributed by atoms with E-state index in [0.717, 1.165) is 18.3 Å². The van der Waals surface area contributed by atoms with Crippen molar-refractivity contribution in [3.63, 3.8) is 0 Å². The van der Waals surface area contributed by atoms with Crippen molar-refractivity contribution in [2.75, 3.05) is 30.9 Å². The minimum atomic E-state index is 0.831. The van der Waals surface area contributed by atoms with Crippen molar-refractivity contribution in [1.29, 1.82) is 0 Å². The number of hydrogen-bond acceptors (Lipinski definition) is 3. The summed E-state index contributed by atoms with van der Waals surface area (Å²) in [5.41, 5.74) is 0.